The van der Waals surface area contributed by atoms with Crippen LogP contribution in [0.25, 0.3) is 27.8 Å². The second-order valence-electron chi connectivity index (χ2n) is 5.56. The van der Waals surface area contributed by atoms with Crippen molar-refractivity contribution >= 4 is 68.9 Å². The Morgan fingerprint density at radius 2 is 1.54 bits per heavy atom. The quantitative estimate of drug-likeness (QED) is 0.335. The Hall–Kier alpha value is -1.93. The fourth-order valence-electron chi connectivity index (χ4n) is 2.86. The number of hydrogen-bond donors (Lipinski definition) is 0. The van der Waals surface area contributed by atoms with E-state index in [1.54, 1.807) is 0 Å². The van der Waals surface area contributed by atoms with Crippen LogP contribution in [0.4, 0.5) is 0 Å². The number of carbonyl (C=O) groups is 1. The number of fused-ring (bicyclic) bond motifs is 5. The molecule has 0 fully saturated rings. The van der Waals surface area contributed by atoms with Gasteiger partial charge in [-0.2, -0.15) is 9.59 Å². The molecule has 4 nitrogen and oxygen atoms in total. The first-order valence-corrected chi connectivity index (χ1v) is 11.6. The van der Waals surface area contributed by atoms with E-state index in [0.29, 0.717) is 41.2 Å². The monoisotopic (exact) mass is 480 g/mol. The van der Waals surface area contributed by atoms with Gasteiger partial charge in [0.05, 0.1) is 0 Å². The number of ether oxygens (including phenoxy) is 1. The summed E-state index contributed by atoms with van der Waals surface area (Å²) in [5.74, 6) is -0.211. The summed E-state index contributed by atoms with van der Waals surface area (Å²) in [5.41, 5.74) is 2.11. The molecule has 0 unspecified atom stereocenters. The van der Waals surface area contributed by atoms with Gasteiger partial charge in [0.15, 0.2) is 0 Å². The van der Waals surface area contributed by atoms with Crippen LogP contribution in [0.1, 0.15) is 29.8 Å². The third kappa shape index (κ3) is 3.48. The van der Waals surface area contributed by atoms with E-state index in [1.165, 1.54) is 33.4 Å². The van der Waals surface area contributed by atoms with E-state index in [-0.39, 0.29) is 12.1 Å². The molecule has 2 heterocycles. The molecule has 132 valence electrons. The van der Waals surface area contributed by atoms with Crippen molar-refractivity contribution in [2.24, 2.45) is 0 Å². The predicted molar refractivity (Wildman–Crippen MR) is 103 cm³/mol. The molecule has 0 aliphatic rings. The van der Waals surface area contributed by atoms with Gasteiger partial charge in [0.1, 0.15) is 0 Å². The summed E-state index contributed by atoms with van der Waals surface area (Å²) in [4.78, 5) is 28.2. The van der Waals surface area contributed by atoms with Gasteiger partial charge >= 0.3 is 153 Å². The second kappa shape index (κ2) is 8.18. The topological polar surface area (TPSA) is 60.4 Å². The zero-order chi connectivity index (χ0) is 18.7. The van der Waals surface area contributed by atoms with Crippen LogP contribution in [-0.2, 0) is 20.7 Å². The summed E-state index contributed by atoms with van der Waals surface area (Å²) >= 11 is 0.697. The molecule has 0 bridgehead atoms. The van der Waals surface area contributed by atoms with Crippen molar-refractivity contribution in [3.8, 4) is 0 Å². The van der Waals surface area contributed by atoms with Gasteiger partial charge in [-0.15, -0.1) is 0 Å². The van der Waals surface area contributed by atoms with Crippen molar-refractivity contribution < 1.29 is 19.1 Å². The fourth-order valence-corrected chi connectivity index (χ4v) is 9.41. The number of esters is 1. The van der Waals surface area contributed by atoms with Gasteiger partial charge in [-0.1, -0.05) is 0 Å². The minimum absolute atomic E-state index is 0.211. The van der Waals surface area contributed by atoms with Gasteiger partial charge < -0.3 is 0 Å². The van der Waals surface area contributed by atoms with Gasteiger partial charge in [-0.3, -0.25) is 0 Å². The summed E-state index contributed by atoms with van der Waals surface area (Å²) in [5, 5.41) is 2.81. The van der Waals surface area contributed by atoms with E-state index in [1.807, 2.05) is 19.1 Å². The van der Waals surface area contributed by atoms with E-state index in [0.717, 1.165) is 6.42 Å². The first kappa shape index (κ1) is 18.8. The van der Waals surface area contributed by atoms with Gasteiger partial charge in [0, 0.05) is 0 Å². The first-order valence-electron chi connectivity index (χ1n) is 8.17. The molecule has 0 spiro atoms. The van der Waals surface area contributed by atoms with E-state index >= 15 is 0 Å². The number of hydrogen-bond acceptors (Lipinski definition) is 4. The Balaban J connectivity index is 0.000000613. The minimum Gasteiger partial charge on any atom is -0.186 e. The number of rotatable bonds is 3. The van der Waals surface area contributed by atoms with Crippen LogP contribution < -0.4 is 0 Å². The van der Waals surface area contributed by atoms with Gasteiger partial charge in [-0.25, -0.2) is 0 Å². The number of carbonyl (C=O) groups excluding carboxylic acids is 3. The van der Waals surface area contributed by atoms with Crippen molar-refractivity contribution in [2.45, 2.75) is 20.3 Å². The van der Waals surface area contributed by atoms with Crippen LogP contribution in [0.15, 0.2) is 36.4 Å². The summed E-state index contributed by atoms with van der Waals surface area (Å²) in [7, 11) is 0. The number of aryl methyl sites for hydroxylation is 1. The van der Waals surface area contributed by atoms with Crippen molar-refractivity contribution in [1.82, 2.24) is 0 Å². The maximum atomic E-state index is 11.9. The standard InChI is InChI=1S/C19H16O2Se2.CO2/c1-3-11-5-7-13-15(9-11)22-18-14-8-6-12(19(20)21-4-2)10-16(14)23-17(13)18;2-1-3/h5-10H,3-4H2,1-2H3;. The first-order chi connectivity index (χ1) is 12.6. The molecule has 2 aromatic carbocycles. The second-order valence-corrected chi connectivity index (χ2v) is 9.98. The summed E-state index contributed by atoms with van der Waals surface area (Å²) in [6.07, 6.45) is 1.35. The molecule has 6 heteroatoms. The van der Waals surface area contributed by atoms with E-state index < -0.39 is 0 Å². The summed E-state index contributed by atoms with van der Waals surface area (Å²) in [6.45, 7) is 4.47. The van der Waals surface area contributed by atoms with Crippen molar-refractivity contribution in [3.05, 3.63) is 47.5 Å². The molecule has 0 radical (unpaired) electrons. The zero-order valence-corrected chi connectivity index (χ0v) is 17.8. The fraction of sp³-hybridized carbons (Fsp3) is 0.200. The van der Waals surface area contributed by atoms with Gasteiger partial charge in [0.25, 0.3) is 0 Å². The average Bonchev–Trinajstić information content (AvgIpc) is 3.17. The number of benzene rings is 2. The molecular formula is C20H16O4Se2. The summed E-state index contributed by atoms with van der Waals surface area (Å²) < 4.78 is 11.1. The van der Waals surface area contributed by atoms with Crippen LogP contribution in [0.3, 0.4) is 0 Å². The van der Waals surface area contributed by atoms with Crippen LogP contribution in [0.2, 0.25) is 0 Å². The molecule has 2 aromatic heterocycles. The van der Waals surface area contributed by atoms with E-state index in [2.05, 4.69) is 31.2 Å². The molecule has 0 saturated carbocycles. The molecule has 26 heavy (non-hydrogen) atoms. The molecule has 4 rings (SSSR count). The Kier molecular flexibility index (Phi) is 5.93. The molecule has 0 N–H and O–H groups in total. The average molecular weight is 478 g/mol. The molecule has 4 aromatic rings. The van der Waals surface area contributed by atoms with Gasteiger partial charge in [-0.05, 0) is 0 Å². The largest absolute Gasteiger partial charge is 0.373 e. The van der Waals surface area contributed by atoms with Crippen LogP contribution in [0.5, 0.6) is 0 Å². The van der Waals surface area contributed by atoms with Crippen LogP contribution in [-0.4, -0.2) is 47.7 Å². The molecule has 0 saturated heterocycles. The normalized spacial score (nSPS) is 10.5. The third-order valence-electron chi connectivity index (χ3n) is 4.07. The maximum absolute atomic E-state index is 11.9. The molecule has 0 aliphatic heterocycles. The summed E-state index contributed by atoms with van der Waals surface area (Å²) in [6, 6.07) is 13.0. The zero-order valence-electron chi connectivity index (χ0n) is 14.3. The van der Waals surface area contributed by atoms with Gasteiger partial charge in [0.2, 0.25) is 0 Å². The van der Waals surface area contributed by atoms with Crippen molar-refractivity contribution in [1.29, 1.82) is 0 Å². The maximum Gasteiger partial charge on any atom is 0.373 e. The smallest absolute Gasteiger partial charge is 0.186 e. The Labute approximate surface area is 162 Å². The Bertz CT molecular complexity index is 1130. The van der Waals surface area contributed by atoms with Crippen LogP contribution in [0, 0.1) is 0 Å². The molecule has 0 atom stereocenters. The Morgan fingerprint density at radius 1 is 0.962 bits per heavy atom. The minimum atomic E-state index is -0.211. The Morgan fingerprint density at radius 3 is 2.12 bits per heavy atom. The molecule has 0 aliphatic carbocycles. The van der Waals surface area contributed by atoms with E-state index in [9.17, 15) is 4.79 Å². The van der Waals surface area contributed by atoms with Crippen molar-refractivity contribution in [3.63, 3.8) is 0 Å². The van der Waals surface area contributed by atoms with E-state index in [4.69, 9.17) is 14.3 Å². The SMILES string of the molecule is CCOC(=O)c1ccc2c(c1)[se]c1c3ccc(CC)cc3[se]c21.O=C=O. The molecular weight excluding hydrogens is 462 g/mol. The van der Waals surface area contributed by atoms with Crippen molar-refractivity contribution in [2.75, 3.05) is 6.61 Å². The third-order valence-corrected chi connectivity index (χ3v) is 9.70. The molecule has 0 amide bonds. The van der Waals surface area contributed by atoms with Crippen LogP contribution >= 0.6 is 0 Å². The predicted octanol–water partition coefficient (Wildman–Crippen LogP) is 3.42.